The number of aliphatic carboxylic acids is 1. The summed E-state index contributed by atoms with van der Waals surface area (Å²) in [5.74, 6) is -3.46. The molecule has 0 aliphatic carbocycles. The van der Waals surface area contributed by atoms with Crippen molar-refractivity contribution in [2.45, 2.75) is 94.2 Å². The van der Waals surface area contributed by atoms with Gasteiger partial charge in [0.15, 0.2) is 5.60 Å². The van der Waals surface area contributed by atoms with Crippen LogP contribution < -0.4 is 10.6 Å². The van der Waals surface area contributed by atoms with Gasteiger partial charge >= 0.3 is 12.1 Å². The topological polar surface area (TPSA) is 236 Å². The number of amides is 3. The number of H-pyrrole nitrogens is 1. The molecular formula is C33H47FN6O11. The molecule has 3 fully saturated rings. The van der Waals surface area contributed by atoms with Gasteiger partial charge in [-0.15, -0.1) is 0 Å². The molecule has 3 aliphatic rings. The fourth-order valence-corrected chi connectivity index (χ4v) is 7.07. The lowest BCUT2D eigenvalue weighted by Gasteiger charge is -2.49. The number of halogens is 1. The van der Waals surface area contributed by atoms with Crippen molar-refractivity contribution in [1.29, 1.82) is 0 Å². The summed E-state index contributed by atoms with van der Waals surface area (Å²) in [6.45, 7) is 7.90. The molecule has 2 aromatic rings. The fourth-order valence-electron chi connectivity index (χ4n) is 7.07. The first-order valence-electron chi connectivity index (χ1n) is 16.9. The molecule has 0 unspecified atom stereocenters. The number of carbonyl (C=O) groups is 4. The maximum absolute atomic E-state index is 14.0. The van der Waals surface area contributed by atoms with Crippen LogP contribution in [0.2, 0.25) is 0 Å². The Balaban J connectivity index is 1.30. The van der Waals surface area contributed by atoms with Gasteiger partial charge in [-0.3, -0.25) is 19.6 Å². The highest BCUT2D eigenvalue weighted by Gasteiger charge is 2.55. The summed E-state index contributed by atoms with van der Waals surface area (Å²) < 4.78 is 31.4. The second-order valence-electron chi connectivity index (χ2n) is 14.6. The number of likely N-dealkylation sites (tertiary alicyclic amines) is 1. The third kappa shape index (κ3) is 8.42. The number of ether oxygens (including phenoxy) is 3. The van der Waals surface area contributed by atoms with E-state index < -0.39 is 90.0 Å². The number of nitrogens with zero attached hydrogens (tertiary/aromatic N) is 3. The summed E-state index contributed by atoms with van der Waals surface area (Å²) in [6, 6.07) is 2.78. The van der Waals surface area contributed by atoms with Crippen molar-refractivity contribution in [2.24, 2.45) is 0 Å². The van der Waals surface area contributed by atoms with Gasteiger partial charge in [0.25, 0.3) is 5.91 Å². The van der Waals surface area contributed by atoms with Gasteiger partial charge in [-0.1, -0.05) is 0 Å². The largest absolute Gasteiger partial charge is 0.479 e. The van der Waals surface area contributed by atoms with E-state index in [0.29, 0.717) is 44.8 Å². The molecule has 0 saturated carbocycles. The maximum atomic E-state index is 14.0. The smallest absolute Gasteiger partial charge is 0.410 e. The first-order valence-corrected chi connectivity index (χ1v) is 16.9. The summed E-state index contributed by atoms with van der Waals surface area (Å²) in [5.41, 5.74) is -3.02. The standard InChI is InChI=1S/C33H47FN6O11/c1-18(41)36-24-22(42)14-33(29(46)47,8-10-40-11-12-49-17-32(40)7-9-39(16-32)30(48)51-31(2,3)4)50-26(24)25(44)23(43)15-35-28(45)19-5-6-21-20(13-19)27(34)38-37-21/h5-6,13,22-26,42-44H,7-12,14-17H2,1-4H3,(H,35,45)(H,36,41)(H,37,38)(H,46,47)/t22-,23+,24+,25+,26+,32-,33+/m0/s1. The Kier molecular flexibility index (Phi) is 11.2. The lowest BCUT2D eigenvalue weighted by Crippen LogP contribution is -2.68. The lowest BCUT2D eigenvalue weighted by molar-refractivity contribution is -0.231. The minimum absolute atomic E-state index is 0.0483. The molecule has 51 heavy (non-hydrogen) atoms. The van der Waals surface area contributed by atoms with Crippen LogP contribution in [-0.2, 0) is 23.8 Å². The third-order valence-electron chi connectivity index (χ3n) is 9.72. The Morgan fingerprint density at radius 3 is 2.65 bits per heavy atom. The number of nitrogens with one attached hydrogen (secondary N) is 3. The normalized spacial score (nSPS) is 28.4. The molecular weight excluding hydrogens is 675 g/mol. The number of carboxylic acids is 1. The highest BCUT2D eigenvalue weighted by Crippen LogP contribution is 2.38. The number of aliphatic hydroxyl groups excluding tert-OH is 3. The quantitative estimate of drug-likeness (QED) is 0.168. The van der Waals surface area contributed by atoms with Gasteiger partial charge < -0.3 is 50.2 Å². The highest BCUT2D eigenvalue weighted by molar-refractivity contribution is 5.98. The number of aromatic amines is 1. The van der Waals surface area contributed by atoms with E-state index in [1.807, 2.05) is 4.90 Å². The molecule has 3 aliphatic heterocycles. The molecule has 1 aromatic heterocycles. The van der Waals surface area contributed by atoms with Crippen LogP contribution >= 0.6 is 0 Å². The third-order valence-corrected chi connectivity index (χ3v) is 9.72. The molecule has 1 spiro atoms. The van der Waals surface area contributed by atoms with E-state index in [9.17, 15) is 44.0 Å². The minimum Gasteiger partial charge on any atom is -0.479 e. The van der Waals surface area contributed by atoms with E-state index in [1.165, 1.54) is 25.1 Å². The number of carboxylic acid groups (broad SMARTS) is 1. The van der Waals surface area contributed by atoms with Crippen LogP contribution in [0.5, 0.6) is 0 Å². The van der Waals surface area contributed by atoms with Crippen LogP contribution in [0.15, 0.2) is 18.2 Å². The summed E-state index contributed by atoms with van der Waals surface area (Å²) in [5, 5.41) is 55.0. The molecule has 3 amide bonds. The minimum atomic E-state index is -2.06. The van der Waals surface area contributed by atoms with Crippen LogP contribution in [0, 0.1) is 5.95 Å². The van der Waals surface area contributed by atoms with E-state index in [4.69, 9.17) is 14.2 Å². The van der Waals surface area contributed by atoms with E-state index in [-0.39, 0.29) is 23.9 Å². The van der Waals surface area contributed by atoms with Crippen LogP contribution in [0.25, 0.3) is 10.9 Å². The number of morpholine rings is 1. The number of carbonyl (C=O) groups excluding carboxylic acids is 3. The molecule has 0 bridgehead atoms. The average Bonchev–Trinajstić information content (AvgIpc) is 3.66. The van der Waals surface area contributed by atoms with Crippen molar-refractivity contribution >= 4 is 34.8 Å². The summed E-state index contributed by atoms with van der Waals surface area (Å²) in [6.07, 6.45) is -7.30. The predicted molar refractivity (Wildman–Crippen MR) is 176 cm³/mol. The zero-order chi connectivity index (χ0) is 37.3. The molecule has 0 radical (unpaired) electrons. The lowest BCUT2D eigenvalue weighted by atomic mass is 9.81. The highest BCUT2D eigenvalue weighted by atomic mass is 19.1. The fraction of sp³-hybridized carbons (Fsp3) is 0.667. The van der Waals surface area contributed by atoms with Crippen molar-refractivity contribution < 1.29 is 58.2 Å². The van der Waals surface area contributed by atoms with Crippen LogP contribution in [-0.4, -0.2) is 157 Å². The van der Waals surface area contributed by atoms with Crippen LogP contribution in [0.3, 0.4) is 0 Å². The van der Waals surface area contributed by atoms with E-state index >= 15 is 0 Å². The zero-order valence-electron chi connectivity index (χ0n) is 29.1. The SMILES string of the molecule is CC(=O)N[C@H]1[C@H]([C@H](O)[C@H](O)CNC(=O)c2ccc3n[nH]c(F)c3c2)O[C@@](CCN2CCOC[C@@]23CCN(C(=O)OC(C)(C)C)C3)(C(=O)O)C[C@@H]1O. The molecule has 17 nitrogen and oxygen atoms in total. The zero-order valence-corrected chi connectivity index (χ0v) is 29.1. The van der Waals surface area contributed by atoms with E-state index in [2.05, 4.69) is 20.8 Å². The predicted octanol–water partition coefficient (Wildman–Crippen LogP) is -0.267. The van der Waals surface area contributed by atoms with Gasteiger partial charge in [-0.2, -0.15) is 9.49 Å². The van der Waals surface area contributed by atoms with Gasteiger partial charge in [0, 0.05) is 58.1 Å². The Bertz CT molecular complexity index is 1620. The van der Waals surface area contributed by atoms with Crippen molar-refractivity contribution in [1.82, 2.24) is 30.6 Å². The number of fused-ring (bicyclic) bond motifs is 1. The number of aromatic nitrogens is 2. The number of hydrogen-bond donors (Lipinski definition) is 7. The van der Waals surface area contributed by atoms with Gasteiger partial charge in [0.1, 0.15) is 17.8 Å². The summed E-state index contributed by atoms with van der Waals surface area (Å²) in [7, 11) is 0. The Morgan fingerprint density at radius 1 is 1.22 bits per heavy atom. The Hall–Kier alpha value is -3.94. The molecule has 4 heterocycles. The maximum Gasteiger partial charge on any atom is 0.410 e. The van der Waals surface area contributed by atoms with Crippen molar-refractivity contribution in [3.05, 3.63) is 29.7 Å². The van der Waals surface area contributed by atoms with E-state index in [1.54, 1.807) is 25.7 Å². The average molecular weight is 723 g/mol. The molecule has 7 atom stereocenters. The first-order chi connectivity index (χ1) is 23.9. The van der Waals surface area contributed by atoms with Crippen molar-refractivity contribution in [2.75, 3.05) is 45.9 Å². The van der Waals surface area contributed by atoms with Crippen molar-refractivity contribution in [3.63, 3.8) is 0 Å². The van der Waals surface area contributed by atoms with E-state index in [0.717, 1.165) is 0 Å². The van der Waals surface area contributed by atoms with Crippen LogP contribution in [0.4, 0.5) is 9.18 Å². The van der Waals surface area contributed by atoms with Gasteiger partial charge in [-0.05, 0) is 45.4 Å². The van der Waals surface area contributed by atoms with Gasteiger partial charge in [0.2, 0.25) is 11.9 Å². The molecule has 5 rings (SSSR count). The first kappa shape index (κ1) is 38.3. The Morgan fingerprint density at radius 2 is 1.96 bits per heavy atom. The second-order valence-corrected chi connectivity index (χ2v) is 14.6. The number of rotatable bonds is 10. The molecule has 1 aromatic carbocycles. The molecule has 3 saturated heterocycles. The second kappa shape index (κ2) is 15.0. The summed E-state index contributed by atoms with van der Waals surface area (Å²) in [4.78, 5) is 54.4. The van der Waals surface area contributed by atoms with Gasteiger partial charge in [-0.25, -0.2) is 9.59 Å². The molecule has 18 heteroatoms. The van der Waals surface area contributed by atoms with Gasteiger partial charge in [0.05, 0.1) is 47.9 Å². The van der Waals surface area contributed by atoms with Crippen LogP contribution in [0.1, 0.15) is 57.3 Å². The molecule has 7 N–H and O–H groups in total. The Labute approximate surface area is 293 Å². The number of benzene rings is 1. The van der Waals surface area contributed by atoms with Crippen molar-refractivity contribution in [3.8, 4) is 0 Å². The molecule has 282 valence electrons. The summed E-state index contributed by atoms with van der Waals surface area (Å²) >= 11 is 0. The monoisotopic (exact) mass is 722 g/mol. The number of aliphatic hydroxyl groups is 3. The number of hydrogen-bond acceptors (Lipinski definition) is 12.